The lowest BCUT2D eigenvalue weighted by Crippen LogP contribution is -2.48. The second-order valence-corrected chi connectivity index (χ2v) is 7.85. The van der Waals surface area contributed by atoms with Gasteiger partial charge in [0, 0.05) is 29.7 Å². The first-order chi connectivity index (χ1) is 15.3. The molecule has 0 N–H and O–H groups in total. The first kappa shape index (κ1) is 21.3. The van der Waals surface area contributed by atoms with Crippen molar-refractivity contribution in [2.45, 2.75) is 26.8 Å². The number of benzene rings is 2. The molecule has 1 saturated heterocycles. The molecule has 1 atom stereocenters. The summed E-state index contributed by atoms with van der Waals surface area (Å²) in [5.74, 6) is 0.521. The van der Waals surface area contributed by atoms with Crippen LogP contribution in [0.4, 0.5) is 5.69 Å². The highest BCUT2D eigenvalue weighted by Gasteiger charge is 2.43. The fourth-order valence-corrected chi connectivity index (χ4v) is 3.79. The molecule has 1 amide bonds. The minimum atomic E-state index is -0.488. The van der Waals surface area contributed by atoms with Gasteiger partial charge in [0.15, 0.2) is 0 Å². The maximum Gasteiger partial charge on any atom is 0.345 e. The third-order valence-electron chi connectivity index (χ3n) is 5.81. The Hall–Kier alpha value is -3.93. The zero-order valence-corrected chi connectivity index (χ0v) is 18.5. The second kappa shape index (κ2) is 8.30. The van der Waals surface area contributed by atoms with E-state index in [0.29, 0.717) is 16.9 Å². The summed E-state index contributed by atoms with van der Waals surface area (Å²) in [7, 11) is 1.61. The van der Waals surface area contributed by atoms with E-state index in [-0.39, 0.29) is 11.9 Å². The molecule has 162 valence electrons. The van der Waals surface area contributed by atoms with E-state index < -0.39 is 5.97 Å². The van der Waals surface area contributed by atoms with Crippen molar-refractivity contribution in [3.05, 3.63) is 94.8 Å². The maximum absolute atomic E-state index is 12.7. The summed E-state index contributed by atoms with van der Waals surface area (Å²) in [5.41, 5.74) is 5.26. The average Bonchev–Trinajstić information content (AvgIpc) is 2.80. The molecule has 0 spiro atoms. The summed E-state index contributed by atoms with van der Waals surface area (Å²) < 4.78 is 11.1. The van der Waals surface area contributed by atoms with Crippen molar-refractivity contribution in [2.24, 2.45) is 0 Å². The quantitative estimate of drug-likeness (QED) is 0.251. The lowest BCUT2D eigenvalue weighted by molar-refractivity contribution is -0.119. The Morgan fingerprint density at radius 1 is 1.06 bits per heavy atom. The van der Waals surface area contributed by atoms with Crippen LogP contribution in [-0.2, 0) is 4.79 Å². The molecule has 0 saturated carbocycles. The highest BCUT2D eigenvalue weighted by Crippen LogP contribution is 2.45. The van der Waals surface area contributed by atoms with E-state index in [1.54, 1.807) is 36.4 Å². The fourth-order valence-electron chi connectivity index (χ4n) is 3.79. The summed E-state index contributed by atoms with van der Waals surface area (Å²) >= 11 is 0. The Morgan fingerprint density at radius 3 is 2.53 bits per heavy atom. The van der Waals surface area contributed by atoms with Crippen molar-refractivity contribution < 1.29 is 19.1 Å². The molecule has 1 fully saturated rings. The molecule has 6 nitrogen and oxygen atoms in total. The van der Waals surface area contributed by atoms with Crippen LogP contribution in [0.3, 0.4) is 0 Å². The predicted octanol–water partition coefficient (Wildman–Crippen LogP) is 4.88. The first-order valence-electron chi connectivity index (χ1n) is 10.2. The summed E-state index contributed by atoms with van der Waals surface area (Å²) in [6.07, 6.45) is 3.06. The van der Waals surface area contributed by atoms with Gasteiger partial charge in [0.05, 0.1) is 18.7 Å². The maximum atomic E-state index is 12.7. The van der Waals surface area contributed by atoms with E-state index >= 15 is 0 Å². The van der Waals surface area contributed by atoms with Crippen LogP contribution < -0.4 is 14.4 Å². The van der Waals surface area contributed by atoms with Crippen LogP contribution in [0.1, 0.15) is 38.7 Å². The summed E-state index contributed by atoms with van der Waals surface area (Å²) in [4.78, 5) is 30.9. The van der Waals surface area contributed by atoms with Gasteiger partial charge < -0.3 is 9.47 Å². The number of aryl methyl sites for hydroxylation is 2. The van der Waals surface area contributed by atoms with E-state index in [1.807, 2.05) is 45.0 Å². The molecule has 0 unspecified atom stereocenters. The van der Waals surface area contributed by atoms with Crippen LogP contribution in [0.25, 0.3) is 0 Å². The third kappa shape index (κ3) is 3.64. The number of amides is 1. The number of methoxy groups -OCH3 is 1. The molecule has 1 aromatic heterocycles. The van der Waals surface area contributed by atoms with Crippen LogP contribution in [0.5, 0.6) is 11.5 Å². The van der Waals surface area contributed by atoms with E-state index in [9.17, 15) is 9.59 Å². The Balaban J connectivity index is 1.68. The van der Waals surface area contributed by atoms with Gasteiger partial charge in [0.2, 0.25) is 0 Å². The summed E-state index contributed by atoms with van der Waals surface area (Å²) in [5, 5.41) is 0. The number of ether oxygens (including phenoxy) is 2. The monoisotopic (exact) mass is 428 g/mol. The van der Waals surface area contributed by atoms with Gasteiger partial charge in [-0.05, 0) is 67.3 Å². The molecule has 6 heteroatoms. The summed E-state index contributed by atoms with van der Waals surface area (Å²) in [6.45, 7) is 9.81. The zero-order valence-electron chi connectivity index (χ0n) is 18.5. The number of anilines is 1. The number of esters is 1. The van der Waals surface area contributed by atoms with Crippen LogP contribution in [0, 0.1) is 20.8 Å². The molecule has 1 aliphatic rings. The van der Waals surface area contributed by atoms with Crippen LogP contribution in [0.15, 0.2) is 67.0 Å². The molecule has 2 heterocycles. The van der Waals surface area contributed by atoms with Gasteiger partial charge in [-0.3, -0.25) is 14.7 Å². The highest BCUT2D eigenvalue weighted by molar-refractivity contribution is 6.15. The van der Waals surface area contributed by atoms with Crippen molar-refractivity contribution in [1.29, 1.82) is 0 Å². The number of pyridine rings is 1. The number of β-lactam (4-membered cyclic amide) rings is 1. The topological polar surface area (TPSA) is 68.7 Å². The second-order valence-electron chi connectivity index (χ2n) is 7.85. The molecule has 1 aliphatic heterocycles. The molecule has 2 aromatic carbocycles. The predicted molar refractivity (Wildman–Crippen MR) is 122 cm³/mol. The molecule has 4 rings (SSSR count). The molecule has 3 aromatic rings. The fraction of sp³-hybridized carbons (Fsp3) is 0.192. The average molecular weight is 428 g/mol. The van der Waals surface area contributed by atoms with Gasteiger partial charge >= 0.3 is 5.97 Å². The van der Waals surface area contributed by atoms with Gasteiger partial charge in [-0.1, -0.05) is 18.7 Å². The van der Waals surface area contributed by atoms with Crippen molar-refractivity contribution in [3.8, 4) is 11.5 Å². The molecular weight excluding hydrogens is 404 g/mol. The van der Waals surface area contributed by atoms with Gasteiger partial charge in [0.1, 0.15) is 11.5 Å². The molecule has 0 bridgehead atoms. The normalized spacial score (nSPS) is 15.4. The number of carbonyl (C=O) groups excluding carboxylic acids is 2. The molecule has 0 radical (unpaired) electrons. The number of hydrogen-bond donors (Lipinski definition) is 0. The number of nitrogens with zero attached hydrogens (tertiary/aromatic N) is 2. The van der Waals surface area contributed by atoms with Crippen LogP contribution >= 0.6 is 0 Å². The zero-order chi connectivity index (χ0) is 23.0. The van der Waals surface area contributed by atoms with Crippen molar-refractivity contribution in [2.75, 3.05) is 12.0 Å². The smallest absolute Gasteiger partial charge is 0.345 e. The minimum Gasteiger partial charge on any atom is -0.496 e. The van der Waals surface area contributed by atoms with E-state index in [1.165, 1.54) is 6.20 Å². The van der Waals surface area contributed by atoms with E-state index in [2.05, 4.69) is 11.6 Å². The Kier molecular flexibility index (Phi) is 5.53. The lowest BCUT2D eigenvalue weighted by atomic mass is 9.87. The lowest BCUT2D eigenvalue weighted by Gasteiger charge is -2.43. The van der Waals surface area contributed by atoms with Gasteiger partial charge in [-0.25, -0.2) is 4.79 Å². The van der Waals surface area contributed by atoms with Crippen LogP contribution in [-0.4, -0.2) is 24.0 Å². The number of rotatable bonds is 5. The van der Waals surface area contributed by atoms with Gasteiger partial charge in [-0.15, -0.1) is 0 Å². The molecular formula is C26H24N2O4. The van der Waals surface area contributed by atoms with Gasteiger partial charge in [-0.2, -0.15) is 0 Å². The SMILES string of the molecule is C=C1C(=O)N(c2cc(C)c(C)c(OC)c2)[C@H]1c1ccc(C)c(OC(=O)c2cccnc2)c1. The Morgan fingerprint density at radius 2 is 1.84 bits per heavy atom. The Bertz CT molecular complexity index is 1230. The number of hydrogen-bond acceptors (Lipinski definition) is 5. The van der Waals surface area contributed by atoms with E-state index in [0.717, 1.165) is 33.7 Å². The highest BCUT2D eigenvalue weighted by atomic mass is 16.5. The van der Waals surface area contributed by atoms with Crippen LogP contribution in [0.2, 0.25) is 0 Å². The van der Waals surface area contributed by atoms with Crippen molar-refractivity contribution in [3.63, 3.8) is 0 Å². The molecule has 0 aliphatic carbocycles. The number of carbonyl (C=O) groups is 2. The van der Waals surface area contributed by atoms with E-state index in [4.69, 9.17) is 9.47 Å². The van der Waals surface area contributed by atoms with Crippen molar-refractivity contribution >= 4 is 17.6 Å². The third-order valence-corrected chi connectivity index (χ3v) is 5.81. The minimum absolute atomic E-state index is 0.144. The Labute approximate surface area is 187 Å². The first-order valence-corrected chi connectivity index (χ1v) is 10.2. The summed E-state index contributed by atoms with van der Waals surface area (Å²) in [6, 6.07) is 12.4. The van der Waals surface area contributed by atoms with Crippen molar-refractivity contribution in [1.82, 2.24) is 4.98 Å². The molecule has 32 heavy (non-hydrogen) atoms. The largest absolute Gasteiger partial charge is 0.496 e. The standard InChI is InChI=1S/C26H24N2O4/c1-15-8-9-19(12-22(15)32-26(30)20-7-6-10-27-14-20)24-18(4)25(29)28(24)21-11-16(2)17(3)23(13-21)31-5/h6-14,24H,4H2,1-3,5H3/t24-/m1/s1. The number of aromatic nitrogens is 1. The van der Waals surface area contributed by atoms with Gasteiger partial charge in [0.25, 0.3) is 5.91 Å².